The molecule has 0 fully saturated rings. The van der Waals surface area contributed by atoms with Crippen LogP contribution in [0.4, 0.5) is 5.69 Å². The zero-order chi connectivity index (χ0) is 14.7. The zero-order valence-electron chi connectivity index (χ0n) is 11.2. The number of hydrogen-bond donors (Lipinski definition) is 1. The number of para-hydroxylation sites is 1. The fraction of sp³-hybridized carbons (Fsp3) is 0.0625. The fourth-order valence-corrected chi connectivity index (χ4v) is 3.51. The lowest BCUT2D eigenvalue weighted by atomic mass is 10.3. The first-order valence-electron chi connectivity index (χ1n) is 6.50. The van der Waals surface area contributed by atoms with Crippen LogP contribution in [-0.4, -0.2) is 9.78 Å². The molecule has 0 saturated carbocycles. The van der Waals surface area contributed by atoms with Gasteiger partial charge in [0, 0.05) is 27.0 Å². The van der Waals surface area contributed by atoms with E-state index in [9.17, 15) is 0 Å². The molecule has 0 bridgehead atoms. The molecule has 106 valence electrons. The smallest absolute Gasteiger partial charge is 0.0731 e. The van der Waals surface area contributed by atoms with Crippen molar-refractivity contribution in [1.82, 2.24) is 9.78 Å². The van der Waals surface area contributed by atoms with E-state index in [2.05, 4.69) is 21.0 Å². The molecule has 0 amide bonds. The Morgan fingerprint density at radius 1 is 1.10 bits per heavy atom. The van der Waals surface area contributed by atoms with E-state index < -0.39 is 0 Å². The molecule has 0 aliphatic carbocycles. The predicted molar refractivity (Wildman–Crippen MR) is 91.7 cm³/mol. The third kappa shape index (κ3) is 3.49. The Kier molecular flexibility index (Phi) is 4.31. The molecule has 3 nitrogen and oxygen atoms in total. The van der Waals surface area contributed by atoms with Crippen LogP contribution in [0, 0.1) is 0 Å². The SMILES string of the molecule is Nc1ccc(SCc2ccn(-c3ccccc3)n2)c(Br)c1. The number of thioether (sulfide) groups is 1. The van der Waals surface area contributed by atoms with Gasteiger partial charge in [-0.1, -0.05) is 18.2 Å². The Balaban J connectivity index is 1.70. The summed E-state index contributed by atoms with van der Waals surface area (Å²) in [5.74, 6) is 0.822. The summed E-state index contributed by atoms with van der Waals surface area (Å²) < 4.78 is 2.92. The highest BCUT2D eigenvalue weighted by Gasteiger charge is 2.05. The number of nitrogens with zero attached hydrogens (tertiary/aromatic N) is 2. The standard InChI is InChI=1S/C16H14BrN3S/c17-15-10-12(18)6-7-16(15)21-11-13-8-9-20(19-13)14-4-2-1-3-5-14/h1-10H,11,18H2. The molecule has 0 spiro atoms. The molecular weight excluding hydrogens is 346 g/mol. The third-order valence-corrected chi connectivity index (χ3v) is 5.02. The highest BCUT2D eigenvalue weighted by atomic mass is 79.9. The molecule has 0 saturated heterocycles. The van der Waals surface area contributed by atoms with Crippen LogP contribution >= 0.6 is 27.7 Å². The maximum atomic E-state index is 5.75. The van der Waals surface area contributed by atoms with Crippen molar-refractivity contribution in [2.45, 2.75) is 10.6 Å². The van der Waals surface area contributed by atoms with Crippen LogP contribution in [0.15, 0.2) is 70.2 Å². The molecule has 1 heterocycles. The third-order valence-electron chi connectivity index (χ3n) is 3.00. The molecule has 0 aliphatic rings. The van der Waals surface area contributed by atoms with Gasteiger partial charge in [-0.15, -0.1) is 11.8 Å². The Morgan fingerprint density at radius 2 is 1.90 bits per heavy atom. The Hall–Kier alpha value is -1.72. The fourth-order valence-electron chi connectivity index (χ4n) is 1.95. The lowest BCUT2D eigenvalue weighted by Gasteiger charge is -2.04. The molecule has 2 aromatic carbocycles. The van der Waals surface area contributed by atoms with E-state index in [0.29, 0.717) is 0 Å². The lowest BCUT2D eigenvalue weighted by Crippen LogP contribution is -1.95. The molecule has 0 radical (unpaired) electrons. The normalized spacial score (nSPS) is 10.7. The molecular formula is C16H14BrN3S. The molecule has 2 N–H and O–H groups in total. The molecule has 3 aromatic rings. The lowest BCUT2D eigenvalue weighted by molar-refractivity contribution is 0.859. The van der Waals surface area contributed by atoms with Gasteiger partial charge in [-0.05, 0) is 52.3 Å². The molecule has 1 aromatic heterocycles. The zero-order valence-corrected chi connectivity index (χ0v) is 13.6. The van der Waals surface area contributed by atoms with Crippen LogP contribution in [0.2, 0.25) is 0 Å². The van der Waals surface area contributed by atoms with Crippen molar-refractivity contribution in [1.29, 1.82) is 0 Å². The first-order chi connectivity index (χ1) is 10.2. The van der Waals surface area contributed by atoms with Gasteiger partial charge in [-0.3, -0.25) is 0 Å². The van der Waals surface area contributed by atoms with Crippen molar-refractivity contribution in [2.24, 2.45) is 0 Å². The highest BCUT2D eigenvalue weighted by Crippen LogP contribution is 2.31. The largest absolute Gasteiger partial charge is 0.399 e. The Labute approximate surface area is 136 Å². The van der Waals surface area contributed by atoms with Crippen molar-refractivity contribution in [3.63, 3.8) is 0 Å². The average Bonchev–Trinajstić information content (AvgIpc) is 2.96. The second-order valence-electron chi connectivity index (χ2n) is 4.57. The molecule has 0 atom stereocenters. The van der Waals surface area contributed by atoms with E-state index in [1.807, 2.05) is 65.5 Å². The van der Waals surface area contributed by atoms with E-state index in [0.717, 1.165) is 27.3 Å². The Morgan fingerprint density at radius 3 is 2.67 bits per heavy atom. The van der Waals surface area contributed by atoms with Gasteiger partial charge < -0.3 is 5.73 Å². The quantitative estimate of drug-likeness (QED) is 0.550. The number of nitrogen functional groups attached to an aromatic ring is 1. The number of halogens is 1. The maximum Gasteiger partial charge on any atom is 0.0731 e. The summed E-state index contributed by atoms with van der Waals surface area (Å²) >= 11 is 5.28. The van der Waals surface area contributed by atoms with Crippen LogP contribution < -0.4 is 5.73 Å². The average molecular weight is 360 g/mol. The first kappa shape index (κ1) is 14.2. The van der Waals surface area contributed by atoms with Gasteiger partial charge in [0.05, 0.1) is 11.4 Å². The van der Waals surface area contributed by atoms with Gasteiger partial charge in [-0.2, -0.15) is 5.10 Å². The second kappa shape index (κ2) is 6.37. The van der Waals surface area contributed by atoms with Crippen LogP contribution in [0.25, 0.3) is 5.69 Å². The summed E-state index contributed by atoms with van der Waals surface area (Å²) in [4.78, 5) is 1.17. The van der Waals surface area contributed by atoms with Gasteiger partial charge in [0.15, 0.2) is 0 Å². The van der Waals surface area contributed by atoms with Gasteiger partial charge >= 0.3 is 0 Å². The summed E-state index contributed by atoms with van der Waals surface area (Å²) in [7, 11) is 0. The van der Waals surface area contributed by atoms with Crippen LogP contribution in [0.5, 0.6) is 0 Å². The van der Waals surface area contributed by atoms with Gasteiger partial charge in [0.2, 0.25) is 0 Å². The summed E-state index contributed by atoms with van der Waals surface area (Å²) in [6, 6.07) is 18.0. The molecule has 0 aliphatic heterocycles. The minimum atomic E-state index is 0.764. The number of nitrogens with two attached hydrogens (primary N) is 1. The summed E-state index contributed by atoms with van der Waals surface area (Å²) in [5.41, 5.74) is 8.63. The number of aromatic nitrogens is 2. The van der Waals surface area contributed by atoms with Crippen molar-refractivity contribution in [2.75, 3.05) is 5.73 Å². The monoisotopic (exact) mass is 359 g/mol. The number of hydrogen-bond acceptors (Lipinski definition) is 3. The molecule has 3 rings (SSSR count). The minimum absolute atomic E-state index is 0.764. The van der Waals surface area contributed by atoms with E-state index >= 15 is 0 Å². The predicted octanol–water partition coefficient (Wildman–Crippen LogP) is 4.51. The number of benzene rings is 2. The topological polar surface area (TPSA) is 43.8 Å². The highest BCUT2D eigenvalue weighted by molar-refractivity contribution is 9.10. The number of anilines is 1. The van der Waals surface area contributed by atoms with Crippen LogP contribution in [0.1, 0.15) is 5.69 Å². The van der Waals surface area contributed by atoms with Crippen LogP contribution in [0.3, 0.4) is 0 Å². The van der Waals surface area contributed by atoms with Crippen LogP contribution in [-0.2, 0) is 5.75 Å². The summed E-state index contributed by atoms with van der Waals surface area (Å²) in [6.45, 7) is 0. The first-order valence-corrected chi connectivity index (χ1v) is 8.28. The van der Waals surface area contributed by atoms with Crippen molar-refractivity contribution < 1.29 is 0 Å². The summed E-state index contributed by atoms with van der Waals surface area (Å²) in [5, 5.41) is 4.60. The van der Waals surface area contributed by atoms with E-state index in [1.54, 1.807) is 11.8 Å². The van der Waals surface area contributed by atoms with Gasteiger partial charge in [0.25, 0.3) is 0 Å². The van der Waals surface area contributed by atoms with Crippen molar-refractivity contribution >= 4 is 33.4 Å². The van der Waals surface area contributed by atoms with Crippen molar-refractivity contribution in [3.8, 4) is 5.69 Å². The van der Waals surface area contributed by atoms with Gasteiger partial charge in [-0.25, -0.2) is 4.68 Å². The Bertz CT molecular complexity index is 740. The molecule has 5 heteroatoms. The van der Waals surface area contributed by atoms with Gasteiger partial charge in [0.1, 0.15) is 0 Å². The minimum Gasteiger partial charge on any atom is -0.399 e. The molecule has 0 unspecified atom stereocenters. The van der Waals surface area contributed by atoms with E-state index in [-0.39, 0.29) is 0 Å². The van der Waals surface area contributed by atoms with Crippen molar-refractivity contribution in [3.05, 3.63) is 71.0 Å². The van der Waals surface area contributed by atoms with E-state index in [4.69, 9.17) is 5.73 Å². The second-order valence-corrected chi connectivity index (χ2v) is 6.44. The summed E-state index contributed by atoms with van der Waals surface area (Å²) in [6.07, 6.45) is 1.99. The van der Waals surface area contributed by atoms with E-state index in [1.165, 1.54) is 4.90 Å². The number of rotatable bonds is 4. The molecule has 21 heavy (non-hydrogen) atoms. The maximum absolute atomic E-state index is 5.75.